The van der Waals surface area contributed by atoms with Crippen LogP contribution in [-0.2, 0) is 4.79 Å². The summed E-state index contributed by atoms with van der Waals surface area (Å²) >= 11 is 3.36. The number of nitrogens with one attached hydrogen (secondary N) is 2. The number of aryl methyl sites for hydroxylation is 1. The van der Waals surface area contributed by atoms with Crippen LogP contribution >= 0.6 is 15.9 Å². The van der Waals surface area contributed by atoms with Gasteiger partial charge in [0.25, 0.3) is 11.8 Å². The lowest BCUT2D eigenvalue weighted by molar-refractivity contribution is -0.120. The summed E-state index contributed by atoms with van der Waals surface area (Å²) in [5.41, 5.74) is 4.51. The number of amides is 2. The number of benzene rings is 3. The Morgan fingerprint density at radius 2 is 1.56 bits per heavy atom. The van der Waals surface area contributed by atoms with E-state index in [2.05, 4.69) is 31.8 Å². The van der Waals surface area contributed by atoms with E-state index in [4.69, 9.17) is 14.2 Å². The van der Waals surface area contributed by atoms with Gasteiger partial charge in [-0.2, -0.15) is 5.10 Å². The monoisotopic (exact) mass is 553 g/mol. The fraction of sp³-hybridized carbons (Fsp3) is 0.154. The van der Waals surface area contributed by atoms with Crippen molar-refractivity contribution in [3.05, 3.63) is 87.4 Å². The summed E-state index contributed by atoms with van der Waals surface area (Å²) in [4.78, 5) is 36.9. The highest BCUT2D eigenvalue weighted by Crippen LogP contribution is 2.29. The fourth-order valence-electron chi connectivity index (χ4n) is 3.02. The summed E-state index contributed by atoms with van der Waals surface area (Å²) < 4.78 is 16.7. The van der Waals surface area contributed by atoms with Gasteiger partial charge in [0, 0.05) is 15.6 Å². The summed E-state index contributed by atoms with van der Waals surface area (Å²) in [6, 6.07) is 16.6. The van der Waals surface area contributed by atoms with E-state index in [9.17, 15) is 14.4 Å². The zero-order chi connectivity index (χ0) is 26.1. The Morgan fingerprint density at radius 1 is 0.889 bits per heavy atom. The standard InChI is InChI=1S/C26H24BrN3O6/c1-16-4-6-17(7-5-16)25(32)28-15-24(31)30-29-14-19-12-20(27)9-11-21(19)36-26(33)18-8-10-22(34-2)23(13-18)35-3/h4-14H,15H2,1-3H3,(H,28,32)(H,30,31)/b29-14+. The minimum Gasteiger partial charge on any atom is -0.493 e. The van der Waals surface area contributed by atoms with Crippen molar-refractivity contribution in [1.82, 2.24) is 10.7 Å². The van der Waals surface area contributed by atoms with Gasteiger partial charge in [0.05, 0.1) is 32.5 Å². The van der Waals surface area contributed by atoms with Crippen molar-refractivity contribution in [2.45, 2.75) is 6.92 Å². The maximum atomic E-state index is 12.7. The quantitative estimate of drug-likeness (QED) is 0.180. The average Bonchev–Trinajstić information content (AvgIpc) is 2.88. The first-order valence-electron chi connectivity index (χ1n) is 10.7. The molecular weight excluding hydrogens is 530 g/mol. The molecule has 2 amide bonds. The molecule has 2 N–H and O–H groups in total. The van der Waals surface area contributed by atoms with Crippen LogP contribution in [-0.4, -0.2) is 44.8 Å². The van der Waals surface area contributed by atoms with Crippen LogP contribution in [0.5, 0.6) is 17.2 Å². The van der Waals surface area contributed by atoms with E-state index >= 15 is 0 Å². The largest absolute Gasteiger partial charge is 0.493 e. The molecule has 0 aromatic heterocycles. The zero-order valence-corrected chi connectivity index (χ0v) is 21.4. The molecule has 0 saturated heterocycles. The van der Waals surface area contributed by atoms with Gasteiger partial charge in [-0.25, -0.2) is 10.2 Å². The van der Waals surface area contributed by atoms with Gasteiger partial charge < -0.3 is 19.5 Å². The minimum absolute atomic E-state index is 0.226. The smallest absolute Gasteiger partial charge is 0.343 e. The zero-order valence-electron chi connectivity index (χ0n) is 19.8. The number of rotatable bonds is 9. The number of hydrogen-bond donors (Lipinski definition) is 2. The van der Waals surface area contributed by atoms with Crippen molar-refractivity contribution in [3.63, 3.8) is 0 Å². The number of hydrogen-bond acceptors (Lipinski definition) is 7. The number of carbonyl (C=O) groups excluding carboxylic acids is 3. The first-order chi connectivity index (χ1) is 17.3. The van der Waals surface area contributed by atoms with Crippen molar-refractivity contribution >= 4 is 39.9 Å². The number of ether oxygens (including phenoxy) is 3. The van der Waals surface area contributed by atoms with Gasteiger partial charge in [-0.05, 0) is 55.5 Å². The normalized spacial score (nSPS) is 10.6. The van der Waals surface area contributed by atoms with Crippen LogP contribution in [0.4, 0.5) is 0 Å². The number of halogens is 1. The van der Waals surface area contributed by atoms with Gasteiger partial charge in [-0.15, -0.1) is 0 Å². The molecule has 0 heterocycles. The molecule has 186 valence electrons. The Morgan fingerprint density at radius 3 is 2.25 bits per heavy atom. The lowest BCUT2D eigenvalue weighted by Crippen LogP contribution is -2.34. The van der Waals surface area contributed by atoms with E-state index in [1.54, 1.807) is 42.5 Å². The van der Waals surface area contributed by atoms with Crippen LogP contribution < -0.4 is 25.0 Å². The van der Waals surface area contributed by atoms with Gasteiger partial charge in [0.15, 0.2) is 11.5 Å². The maximum Gasteiger partial charge on any atom is 0.343 e. The summed E-state index contributed by atoms with van der Waals surface area (Å²) in [5, 5.41) is 6.44. The third-order valence-electron chi connectivity index (χ3n) is 4.91. The predicted octanol–water partition coefficient (Wildman–Crippen LogP) is 3.87. The Balaban J connectivity index is 1.62. The number of carbonyl (C=O) groups is 3. The number of esters is 1. The van der Waals surface area contributed by atoms with Crippen molar-refractivity contribution in [3.8, 4) is 17.2 Å². The number of hydrazone groups is 1. The summed E-state index contributed by atoms with van der Waals surface area (Å²) in [7, 11) is 2.97. The molecule has 0 saturated carbocycles. The Bertz CT molecular complexity index is 1290. The SMILES string of the molecule is COc1ccc(C(=O)Oc2ccc(Br)cc2/C=N/NC(=O)CNC(=O)c2ccc(C)cc2)cc1OC. The van der Waals surface area contributed by atoms with Crippen LogP contribution in [0.15, 0.2) is 70.2 Å². The highest BCUT2D eigenvalue weighted by atomic mass is 79.9. The summed E-state index contributed by atoms with van der Waals surface area (Å²) in [5.74, 6) is -0.409. The van der Waals surface area contributed by atoms with Gasteiger partial charge >= 0.3 is 5.97 Å². The molecule has 0 atom stereocenters. The maximum absolute atomic E-state index is 12.7. The predicted molar refractivity (Wildman–Crippen MR) is 138 cm³/mol. The van der Waals surface area contributed by atoms with E-state index in [-0.39, 0.29) is 23.8 Å². The molecule has 9 nitrogen and oxygen atoms in total. The second-order valence-corrected chi connectivity index (χ2v) is 8.40. The first-order valence-corrected chi connectivity index (χ1v) is 11.5. The van der Waals surface area contributed by atoms with Crippen molar-refractivity contribution in [2.24, 2.45) is 5.10 Å². The third-order valence-corrected chi connectivity index (χ3v) is 5.40. The third kappa shape index (κ3) is 7.16. The first kappa shape index (κ1) is 26.4. The van der Waals surface area contributed by atoms with E-state index in [0.29, 0.717) is 27.1 Å². The van der Waals surface area contributed by atoms with Crippen molar-refractivity contribution in [1.29, 1.82) is 0 Å². The van der Waals surface area contributed by atoms with Crippen LogP contribution in [0.25, 0.3) is 0 Å². The molecule has 3 aromatic rings. The average molecular weight is 554 g/mol. The van der Waals surface area contributed by atoms with Crippen LogP contribution in [0.2, 0.25) is 0 Å². The minimum atomic E-state index is -0.615. The van der Waals surface area contributed by atoms with E-state index in [0.717, 1.165) is 5.56 Å². The molecule has 0 aliphatic carbocycles. The molecule has 0 unspecified atom stereocenters. The molecule has 0 radical (unpaired) electrons. The molecule has 3 aromatic carbocycles. The van der Waals surface area contributed by atoms with Gasteiger partial charge in [0.1, 0.15) is 5.75 Å². The Hall–Kier alpha value is -4.18. The molecule has 0 spiro atoms. The highest BCUT2D eigenvalue weighted by molar-refractivity contribution is 9.10. The molecule has 0 fully saturated rings. The summed E-state index contributed by atoms with van der Waals surface area (Å²) in [6.07, 6.45) is 1.33. The molecule has 0 aliphatic rings. The Kier molecular flexibility index (Phi) is 9.18. The molecule has 3 rings (SSSR count). The summed E-state index contributed by atoms with van der Waals surface area (Å²) in [6.45, 7) is 1.66. The second-order valence-electron chi connectivity index (χ2n) is 7.48. The molecule has 10 heteroatoms. The fourth-order valence-corrected chi connectivity index (χ4v) is 3.39. The Labute approximate surface area is 216 Å². The molecule has 36 heavy (non-hydrogen) atoms. The second kappa shape index (κ2) is 12.5. The van der Waals surface area contributed by atoms with E-state index in [1.165, 1.54) is 26.5 Å². The lowest BCUT2D eigenvalue weighted by atomic mass is 10.1. The number of methoxy groups -OCH3 is 2. The van der Waals surface area contributed by atoms with Gasteiger partial charge in [-0.3, -0.25) is 9.59 Å². The van der Waals surface area contributed by atoms with Crippen LogP contribution in [0.1, 0.15) is 31.8 Å². The topological polar surface area (TPSA) is 115 Å². The van der Waals surface area contributed by atoms with Gasteiger partial charge in [0.2, 0.25) is 0 Å². The van der Waals surface area contributed by atoms with Crippen LogP contribution in [0.3, 0.4) is 0 Å². The van der Waals surface area contributed by atoms with E-state index in [1.807, 2.05) is 19.1 Å². The number of nitrogens with zero attached hydrogens (tertiary/aromatic N) is 1. The molecule has 0 bridgehead atoms. The van der Waals surface area contributed by atoms with Crippen LogP contribution in [0, 0.1) is 6.92 Å². The highest BCUT2D eigenvalue weighted by Gasteiger charge is 2.15. The molecule has 0 aliphatic heterocycles. The molecular formula is C26H24BrN3O6. The van der Waals surface area contributed by atoms with Crippen molar-refractivity contribution in [2.75, 3.05) is 20.8 Å². The lowest BCUT2D eigenvalue weighted by Gasteiger charge is -2.11. The van der Waals surface area contributed by atoms with Crippen molar-refractivity contribution < 1.29 is 28.6 Å². The van der Waals surface area contributed by atoms with E-state index < -0.39 is 11.9 Å². The van der Waals surface area contributed by atoms with Gasteiger partial charge in [-0.1, -0.05) is 33.6 Å².